The molecule has 1 aromatic carbocycles. The first-order valence-electron chi connectivity index (χ1n) is 7.32. The van der Waals surface area contributed by atoms with Crippen LogP contribution < -0.4 is 10.6 Å². The molecule has 0 bridgehead atoms. The number of nitrogens with two attached hydrogens (primary N) is 1. The summed E-state index contributed by atoms with van der Waals surface area (Å²) in [6.45, 7) is 1.42. The van der Waals surface area contributed by atoms with Crippen LogP contribution in [-0.2, 0) is 4.79 Å². The van der Waals surface area contributed by atoms with Crippen molar-refractivity contribution in [2.75, 3.05) is 18.0 Å². The Kier molecular flexibility index (Phi) is 4.16. The van der Waals surface area contributed by atoms with Gasteiger partial charge in [0.15, 0.2) is 5.82 Å². The fourth-order valence-corrected chi connectivity index (χ4v) is 3.26. The molecular formula is C16H17ClFN3O. The summed E-state index contributed by atoms with van der Waals surface area (Å²) in [5, 5.41) is 1.12. The molecule has 2 N–H and O–H groups in total. The van der Waals surface area contributed by atoms with Gasteiger partial charge in [-0.25, -0.2) is 4.39 Å². The molecule has 6 heteroatoms. The van der Waals surface area contributed by atoms with Crippen molar-refractivity contribution in [1.82, 2.24) is 4.98 Å². The Bertz CT molecular complexity index is 714. The second-order valence-electron chi connectivity index (χ2n) is 5.69. The lowest BCUT2D eigenvalue weighted by molar-refractivity contribution is -0.119. The van der Waals surface area contributed by atoms with Crippen LogP contribution in [0.1, 0.15) is 19.3 Å². The summed E-state index contributed by atoms with van der Waals surface area (Å²) in [6, 6.07) is 5.20. The van der Waals surface area contributed by atoms with Gasteiger partial charge >= 0.3 is 0 Å². The lowest BCUT2D eigenvalue weighted by Crippen LogP contribution is -2.35. The van der Waals surface area contributed by atoms with Crippen molar-refractivity contribution < 1.29 is 9.18 Å². The summed E-state index contributed by atoms with van der Waals surface area (Å²) < 4.78 is 14.7. The van der Waals surface area contributed by atoms with E-state index < -0.39 is 0 Å². The average Bonchev–Trinajstić information content (AvgIpc) is 2.49. The second-order valence-corrected chi connectivity index (χ2v) is 6.10. The number of primary amides is 1. The van der Waals surface area contributed by atoms with Crippen LogP contribution in [0.5, 0.6) is 0 Å². The maximum absolute atomic E-state index is 14.7. The van der Waals surface area contributed by atoms with Crippen molar-refractivity contribution in [3.63, 3.8) is 0 Å². The number of fused-ring (bicyclic) bond motifs is 1. The SMILES string of the molecule is NC(=O)CC1CCN(c2ccc3c(Cl)ccnc3c2F)CC1. The number of carbonyl (C=O) groups is 1. The fraction of sp³-hybridized carbons (Fsp3) is 0.375. The molecule has 0 spiro atoms. The van der Waals surface area contributed by atoms with Crippen LogP contribution in [0.2, 0.25) is 5.02 Å². The highest BCUT2D eigenvalue weighted by atomic mass is 35.5. The van der Waals surface area contributed by atoms with Gasteiger partial charge in [0.25, 0.3) is 0 Å². The third kappa shape index (κ3) is 2.86. The maximum atomic E-state index is 14.7. The number of piperidine rings is 1. The van der Waals surface area contributed by atoms with Crippen LogP contribution in [0.25, 0.3) is 10.9 Å². The summed E-state index contributed by atoms with van der Waals surface area (Å²) in [7, 11) is 0. The molecule has 1 aliphatic rings. The Labute approximate surface area is 133 Å². The normalized spacial score (nSPS) is 16.2. The minimum absolute atomic E-state index is 0.269. The van der Waals surface area contributed by atoms with Gasteiger partial charge in [-0.2, -0.15) is 0 Å². The van der Waals surface area contributed by atoms with Crippen LogP contribution >= 0.6 is 11.6 Å². The molecule has 1 saturated heterocycles. The zero-order chi connectivity index (χ0) is 15.7. The van der Waals surface area contributed by atoms with Crippen LogP contribution in [0, 0.1) is 11.7 Å². The van der Waals surface area contributed by atoms with Gasteiger partial charge in [0, 0.05) is 31.1 Å². The number of anilines is 1. The molecule has 1 aliphatic heterocycles. The van der Waals surface area contributed by atoms with E-state index in [0.29, 0.717) is 47.0 Å². The number of benzene rings is 1. The fourth-order valence-electron chi connectivity index (χ4n) is 3.05. The zero-order valence-electron chi connectivity index (χ0n) is 12.1. The van der Waals surface area contributed by atoms with E-state index in [0.717, 1.165) is 12.8 Å². The number of halogens is 2. The molecule has 3 rings (SSSR count). The van der Waals surface area contributed by atoms with Gasteiger partial charge in [0.2, 0.25) is 5.91 Å². The molecule has 0 unspecified atom stereocenters. The third-order valence-electron chi connectivity index (χ3n) is 4.22. The number of amides is 1. The quantitative estimate of drug-likeness (QED) is 0.945. The molecule has 0 aliphatic carbocycles. The summed E-state index contributed by atoms with van der Waals surface area (Å²) >= 11 is 6.07. The Hall–Kier alpha value is -1.88. The van der Waals surface area contributed by atoms with Crippen molar-refractivity contribution in [2.24, 2.45) is 11.7 Å². The number of nitrogens with zero attached hydrogens (tertiary/aromatic N) is 2. The number of pyridine rings is 1. The molecule has 22 heavy (non-hydrogen) atoms. The van der Waals surface area contributed by atoms with Crippen LogP contribution in [-0.4, -0.2) is 24.0 Å². The van der Waals surface area contributed by atoms with Gasteiger partial charge in [-0.05, 0) is 37.0 Å². The van der Waals surface area contributed by atoms with E-state index in [1.54, 1.807) is 18.2 Å². The molecule has 0 saturated carbocycles. The van der Waals surface area contributed by atoms with E-state index in [1.807, 2.05) is 4.90 Å². The number of aromatic nitrogens is 1. The molecule has 4 nitrogen and oxygen atoms in total. The predicted octanol–water partition coefficient (Wildman–Crippen LogP) is 3.12. The van der Waals surface area contributed by atoms with Crippen molar-refractivity contribution in [3.8, 4) is 0 Å². The highest BCUT2D eigenvalue weighted by molar-refractivity contribution is 6.35. The molecule has 1 amide bonds. The summed E-state index contributed by atoms with van der Waals surface area (Å²) in [4.78, 5) is 17.1. The third-order valence-corrected chi connectivity index (χ3v) is 4.55. The largest absolute Gasteiger partial charge is 0.370 e. The van der Waals surface area contributed by atoms with Gasteiger partial charge in [0.1, 0.15) is 5.52 Å². The second kappa shape index (κ2) is 6.08. The van der Waals surface area contributed by atoms with E-state index >= 15 is 0 Å². The first-order valence-corrected chi connectivity index (χ1v) is 7.70. The van der Waals surface area contributed by atoms with Crippen molar-refractivity contribution in [3.05, 3.63) is 35.2 Å². The van der Waals surface area contributed by atoms with Crippen LogP contribution in [0.15, 0.2) is 24.4 Å². The standard InChI is InChI=1S/C16H17ClFN3O/c17-12-3-6-20-16-11(12)1-2-13(15(16)18)21-7-4-10(5-8-21)9-14(19)22/h1-3,6,10H,4-5,7-9H2,(H2,19,22). The Morgan fingerprint density at radius 1 is 1.36 bits per heavy atom. The van der Waals surface area contributed by atoms with E-state index in [4.69, 9.17) is 17.3 Å². The molecule has 1 aromatic heterocycles. The molecule has 0 atom stereocenters. The Morgan fingerprint density at radius 3 is 2.77 bits per heavy atom. The van der Waals surface area contributed by atoms with Crippen molar-refractivity contribution >= 4 is 34.1 Å². The van der Waals surface area contributed by atoms with Gasteiger partial charge in [-0.3, -0.25) is 9.78 Å². The first-order chi connectivity index (χ1) is 10.6. The molecule has 2 aromatic rings. The average molecular weight is 322 g/mol. The molecule has 1 fully saturated rings. The topological polar surface area (TPSA) is 59.2 Å². The van der Waals surface area contributed by atoms with Crippen molar-refractivity contribution in [1.29, 1.82) is 0 Å². The van der Waals surface area contributed by atoms with E-state index in [2.05, 4.69) is 4.98 Å². The lowest BCUT2D eigenvalue weighted by atomic mass is 9.93. The number of hydrogen-bond donors (Lipinski definition) is 1. The van der Waals surface area contributed by atoms with Gasteiger partial charge in [0.05, 0.1) is 10.7 Å². The van der Waals surface area contributed by atoms with E-state index in [-0.39, 0.29) is 11.7 Å². The minimum Gasteiger partial charge on any atom is -0.370 e. The van der Waals surface area contributed by atoms with Gasteiger partial charge in [-0.1, -0.05) is 11.6 Å². The number of carbonyl (C=O) groups excluding carboxylic acids is 1. The molecule has 0 radical (unpaired) electrons. The Balaban J connectivity index is 1.83. The highest BCUT2D eigenvalue weighted by Gasteiger charge is 2.23. The first kappa shape index (κ1) is 15.0. The minimum atomic E-state index is -0.339. The molecular weight excluding hydrogens is 305 g/mol. The maximum Gasteiger partial charge on any atom is 0.217 e. The number of hydrogen-bond acceptors (Lipinski definition) is 3. The predicted molar refractivity (Wildman–Crippen MR) is 85.5 cm³/mol. The van der Waals surface area contributed by atoms with E-state index in [1.165, 1.54) is 6.20 Å². The monoisotopic (exact) mass is 321 g/mol. The van der Waals surface area contributed by atoms with Crippen LogP contribution in [0.3, 0.4) is 0 Å². The van der Waals surface area contributed by atoms with E-state index in [9.17, 15) is 9.18 Å². The lowest BCUT2D eigenvalue weighted by Gasteiger charge is -2.33. The van der Waals surface area contributed by atoms with Gasteiger partial charge in [-0.15, -0.1) is 0 Å². The zero-order valence-corrected chi connectivity index (χ0v) is 12.8. The van der Waals surface area contributed by atoms with Gasteiger partial charge < -0.3 is 10.6 Å². The highest BCUT2D eigenvalue weighted by Crippen LogP contribution is 2.32. The summed E-state index contributed by atoms with van der Waals surface area (Å²) in [5.41, 5.74) is 6.07. The summed E-state index contributed by atoms with van der Waals surface area (Å²) in [6.07, 6.45) is 3.59. The van der Waals surface area contributed by atoms with Crippen LogP contribution in [0.4, 0.5) is 10.1 Å². The van der Waals surface area contributed by atoms with Crippen molar-refractivity contribution in [2.45, 2.75) is 19.3 Å². The number of rotatable bonds is 3. The molecule has 2 heterocycles. The Morgan fingerprint density at radius 2 is 2.09 bits per heavy atom. The smallest absolute Gasteiger partial charge is 0.217 e. The molecule has 116 valence electrons. The summed E-state index contributed by atoms with van der Waals surface area (Å²) in [5.74, 6) is -0.313.